The first-order chi connectivity index (χ1) is 9.40. The predicted molar refractivity (Wildman–Crippen MR) is 83.3 cm³/mol. The van der Waals surface area contributed by atoms with Gasteiger partial charge in [0, 0.05) is 12.1 Å². The van der Waals surface area contributed by atoms with E-state index in [0.717, 1.165) is 6.04 Å². The molecule has 1 nitrogen and oxygen atoms in total. The van der Waals surface area contributed by atoms with Gasteiger partial charge in [0.05, 0.1) is 0 Å². The van der Waals surface area contributed by atoms with Crippen molar-refractivity contribution in [3.63, 3.8) is 0 Å². The largest absolute Gasteiger partial charge is 0.307 e. The molecule has 0 heterocycles. The summed E-state index contributed by atoms with van der Waals surface area (Å²) in [6.07, 6.45) is 12.3. The smallest absolute Gasteiger partial charge is 0.0322 e. The average Bonchev–Trinajstić information content (AvgIpc) is 2.73. The quantitative estimate of drug-likeness (QED) is 0.690. The molecule has 0 spiro atoms. The van der Waals surface area contributed by atoms with Crippen LogP contribution in [0.4, 0.5) is 0 Å². The number of unbranched alkanes of at least 4 members (excludes halogenated alkanes) is 1. The normalized spacial score (nSPS) is 19.0. The van der Waals surface area contributed by atoms with Gasteiger partial charge in [-0.15, -0.1) is 0 Å². The Labute approximate surface area is 118 Å². The van der Waals surface area contributed by atoms with Crippen molar-refractivity contribution in [3.8, 4) is 0 Å². The Morgan fingerprint density at radius 2 is 1.74 bits per heavy atom. The van der Waals surface area contributed by atoms with Gasteiger partial charge in [0.25, 0.3) is 0 Å². The second-order valence-corrected chi connectivity index (χ2v) is 5.96. The van der Waals surface area contributed by atoms with Crippen molar-refractivity contribution in [2.45, 2.75) is 76.8 Å². The second-order valence-electron chi connectivity index (χ2n) is 5.96. The van der Waals surface area contributed by atoms with Crippen LogP contribution in [-0.2, 0) is 0 Å². The minimum Gasteiger partial charge on any atom is -0.307 e. The average molecular weight is 259 g/mol. The van der Waals surface area contributed by atoms with Crippen LogP contribution in [0.5, 0.6) is 0 Å². The van der Waals surface area contributed by atoms with Crippen LogP contribution in [0.15, 0.2) is 30.3 Å². The van der Waals surface area contributed by atoms with Crippen molar-refractivity contribution in [2.24, 2.45) is 0 Å². The molecule has 19 heavy (non-hydrogen) atoms. The van der Waals surface area contributed by atoms with Crippen molar-refractivity contribution in [1.82, 2.24) is 5.32 Å². The summed E-state index contributed by atoms with van der Waals surface area (Å²) in [5, 5.41) is 3.95. The topological polar surface area (TPSA) is 12.0 Å². The van der Waals surface area contributed by atoms with Crippen LogP contribution in [0.3, 0.4) is 0 Å². The van der Waals surface area contributed by atoms with Gasteiger partial charge in [0.1, 0.15) is 0 Å². The van der Waals surface area contributed by atoms with Gasteiger partial charge in [0.15, 0.2) is 0 Å². The lowest BCUT2D eigenvalue weighted by atomic mass is 9.98. The molecule has 1 aliphatic rings. The summed E-state index contributed by atoms with van der Waals surface area (Å²) in [4.78, 5) is 0. The van der Waals surface area contributed by atoms with Gasteiger partial charge in [-0.1, -0.05) is 75.8 Å². The van der Waals surface area contributed by atoms with E-state index in [1.807, 2.05) is 0 Å². The molecule has 1 atom stereocenters. The molecule has 2 rings (SSSR count). The number of nitrogens with one attached hydrogen (secondary N) is 1. The molecule has 0 saturated heterocycles. The Kier molecular flexibility index (Phi) is 6.43. The SMILES string of the molecule is CCCCC(NC1CCCCCC1)c1ccccc1. The van der Waals surface area contributed by atoms with Crippen LogP contribution in [0.1, 0.15) is 76.3 Å². The van der Waals surface area contributed by atoms with E-state index in [1.165, 1.54) is 63.4 Å². The zero-order chi connectivity index (χ0) is 13.3. The third-order valence-electron chi connectivity index (χ3n) is 4.34. The van der Waals surface area contributed by atoms with Crippen molar-refractivity contribution in [1.29, 1.82) is 0 Å². The van der Waals surface area contributed by atoms with Crippen molar-refractivity contribution < 1.29 is 0 Å². The van der Waals surface area contributed by atoms with Gasteiger partial charge in [-0.25, -0.2) is 0 Å². The second kappa shape index (κ2) is 8.37. The third-order valence-corrected chi connectivity index (χ3v) is 4.34. The van der Waals surface area contributed by atoms with E-state index in [4.69, 9.17) is 0 Å². The van der Waals surface area contributed by atoms with Gasteiger partial charge in [-0.3, -0.25) is 0 Å². The minimum absolute atomic E-state index is 0.559. The molecule has 1 aliphatic carbocycles. The van der Waals surface area contributed by atoms with E-state index in [-0.39, 0.29) is 0 Å². The zero-order valence-electron chi connectivity index (χ0n) is 12.4. The highest BCUT2D eigenvalue weighted by Gasteiger charge is 2.17. The van der Waals surface area contributed by atoms with Gasteiger partial charge in [-0.05, 0) is 24.8 Å². The van der Waals surface area contributed by atoms with Crippen molar-refractivity contribution in [2.75, 3.05) is 0 Å². The van der Waals surface area contributed by atoms with Crippen molar-refractivity contribution in [3.05, 3.63) is 35.9 Å². The third kappa shape index (κ3) is 4.99. The molecule has 0 radical (unpaired) electrons. The van der Waals surface area contributed by atoms with E-state index in [9.17, 15) is 0 Å². The summed E-state index contributed by atoms with van der Waals surface area (Å²) in [6.45, 7) is 2.29. The van der Waals surface area contributed by atoms with Crippen molar-refractivity contribution >= 4 is 0 Å². The molecule has 1 aromatic carbocycles. The lowest BCUT2D eigenvalue weighted by molar-refractivity contribution is 0.378. The first-order valence-corrected chi connectivity index (χ1v) is 8.21. The molecule has 1 unspecified atom stereocenters. The molecule has 1 heteroatoms. The van der Waals surface area contributed by atoms with Crippen LogP contribution in [0.2, 0.25) is 0 Å². The molecule has 106 valence electrons. The van der Waals surface area contributed by atoms with Crippen LogP contribution in [-0.4, -0.2) is 6.04 Å². The van der Waals surface area contributed by atoms with Crippen LogP contribution in [0, 0.1) is 0 Å². The molecule has 1 saturated carbocycles. The Morgan fingerprint density at radius 1 is 1.05 bits per heavy atom. The fourth-order valence-electron chi connectivity index (χ4n) is 3.17. The lowest BCUT2D eigenvalue weighted by Crippen LogP contribution is -2.32. The van der Waals surface area contributed by atoms with E-state index in [2.05, 4.69) is 42.6 Å². The Bertz CT molecular complexity index is 325. The highest BCUT2D eigenvalue weighted by Crippen LogP contribution is 2.24. The maximum Gasteiger partial charge on any atom is 0.0322 e. The maximum absolute atomic E-state index is 3.95. The fraction of sp³-hybridized carbons (Fsp3) is 0.667. The van der Waals surface area contributed by atoms with Gasteiger partial charge >= 0.3 is 0 Å². The van der Waals surface area contributed by atoms with Gasteiger partial charge in [0.2, 0.25) is 0 Å². The minimum atomic E-state index is 0.559. The number of hydrogen-bond donors (Lipinski definition) is 1. The monoisotopic (exact) mass is 259 g/mol. The fourth-order valence-corrected chi connectivity index (χ4v) is 3.17. The highest BCUT2D eigenvalue weighted by molar-refractivity contribution is 5.19. The molecule has 0 amide bonds. The molecule has 0 aliphatic heterocycles. The first-order valence-electron chi connectivity index (χ1n) is 8.21. The molecule has 0 aromatic heterocycles. The summed E-state index contributed by atoms with van der Waals surface area (Å²) in [5.74, 6) is 0. The van der Waals surface area contributed by atoms with Gasteiger partial charge in [-0.2, -0.15) is 0 Å². The number of hydrogen-bond acceptors (Lipinski definition) is 1. The predicted octanol–water partition coefficient (Wildman–Crippen LogP) is 5.23. The standard InChI is InChI=1S/C18H29N/c1-2-3-15-18(16-11-7-6-8-12-16)19-17-13-9-4-5-10-14-17/h6-8,11-12,17-19H,2-5,9-10,13-15H2,1H3. The van der Waals surface area contributed by atoms with E-state index in [0.29, 0.717) is 6.04 Å². The number of rotatable bonds is 6. The molecule has 1 N–H and O–H groups in total. The van der Waals surface area contributed by atoms with Crippen LogP contribution in [0.25, 0.3) is 0 Å². The van der Waals surface area contributed by atoms with E-state index < -0.39 is 0 Å². The Hall–Kier alpha value is -0.820. The zero-order valence-corrected chi connectivity index (χ0v) is 12.4. The number of benzene rings is 1. The molecular weight excluding hydrogens is 230 g/mol. The van der Waals surface area contributed by atoms with E-state index >= 15 is 0 Å². The summed E-state index contributed by atoms with van der Waals surface area (Å²) < 4.78 is 0. The summed E-state index contributed by atoms with van der Waals surface area (Å²) in [5.41, 5.74) is 1.47. The van der Waals surface area contributed by atoms with E-state index in [1.54, 1.807) is 0 Å². The highest BCUT2D eigenvalue weighted by atomic mass is 14.9. The first kappa shape index (κ1) is 14.6. The van der Waals surface area contributed by atoms with Gasteiger partial charge < -0.3 is 5.32 Å². The Morgan fingerprint density at radius 3 is 2.37 bits per heavy atom. The molecule has 1 fully saturated rings. The maximum atomic E-state index is 3.95. The van der Waals surface area contributed by atoms with Crippen LogP contribution >= 0.6 is 0 Å². The molecule has 0 bridgehead atoms. The summed E-state index contributed by atoms with van der Waals surface area (Å²) >= 11 is 0. The Balaban J connectivity index is 1.96. The molecular formula is C18H29N. The molecule has 1 aromatic rings. The lowest BCUT2D eigenvalue weighted by Gasteiger charge is -2.25. The van der Waals surface area contributed by atoms with Crippen LogP contribution < -0.4 is 5.32 Å². The summed E-state index contributed by atoms with van der Waals surface area (Å²) in [7, 11) is 0. The summed E-state index contributed by atoms with van der Waals surface area (Å²) in [6, 6.07) is 12.3.